The van der Waals surface area contributed by atoms with Crippen molar-refractivity contribution in [2.45, 2.75) is 25.7 Å². The maximum atomic E-state index is 11.8. The molecule has 2 aliphatic heterocycles. The molecular weight excluding hydrogens is 443 g/mol. The first-order valence-corrected chi connectivity index (χ1v) is 10.1. The fraction of sp³-hybridized carbons (Fsp3) is 0.933. The zero-order valence-electron chi connectivity index (χ0n) is 14.7. The van der Waals surface area contributed by atoms with Crippen LogP contribution in [-0.4, -0.2) is 82.8 Å². The minimum absolute atomic E-state index is 0. The van der Waals surface area contributed by atoms with Crippen molar-refractivity contribution in [1.82, 2.24) is 14.5 Å². The number of ether oxygens (including phenoxy) is 1. The number of guanidine groups is 1. The highest BCUT2D eigenvalue weighted by molar-refractivity contribution is 14.0. The summed E-state index contributed by atoms with van der Waals surface area (Å²) in [4.78, 5) is 6.41. The summed E-state index contributed by atoms with van der Waals surface area (Å²) in [5.74, 6) is 1.85. The molecule has 9 heteroatoms. The third-order valence-corrected chi connectivity index (χ3v) is 6.59. The molecule has 7 nitrogen and oxygen atoms in total. The molecule has 0 spiro atoms. The van der Waals surface area contributed by atoms with E-state index < -0.39 is 10.0 Å². The van der Waals surface area contributed by atoms with Crippen LogP contribution in [0.3, 0.4) is 0 Å². The van der Waals surface area contributed by atoms with Gasteiger partial charge in [0.05, 0.1) is 5.75 Å². The number of hydrogen-bond acceptors (Lipinski definition) is 4. The fourth-order valence-electron chi connectivity index (χ4n) is 3.14. The predicted octanol–water partition coefficient (Wildman–Crippen LogP) is 0.964. The number of nitrogens with zero attached hydrogens (tertiary/aromatic N) is 3. The summed E-state index contributed by atoms with van der Waals surface area (Å²) in [6, 6.07) is 0. The van der Waals surface area contributed by atoms with Gasteiger partial charge in [0.1, 0.15) is 0 Å². The Bertz CT molecular complexity index is 495. The molecule has 0 bridgehead atoms. The Morgan fingerprint density at radius 2 is 2.08 bits per heavy atom. The number of rotatable bonds is 6. The van der Waals surface area contributed by atoms with E-state index in [2.05, 4.69) is 15.2 Å². The summed E-state index contributed by atoms with van der Waals surface area (Å²) in [6.07, 6.45) is 4.17. The van der Waals surface area contributed by atoms with Crippen LogP contribution in [0.2, 0.25) is 0 Å². The molecule has 2 saturated heterocycles. The number of halogens is 1. The van der Waals surface area contributed by atoms with Crippen LogP contribution in [0.1, 0.15) is 25.7 Å². The standard InChI is InChI=1S/C15H30N4O3S.HI/c1-16-15(17-7-10-19-8-3-13-23(19,20)21)18(2)9-4-14-5-11-22-12-6-14;/h14H,3-13H2,1-2H3,(H,16,17);1H. The highest BCUT2D eigenvalue weighted by Gasteiger charge is 2.27. The van der Waals surface area contributed by atoms with Crippen LogP contribution in [0.5, 0.6) is 0 Å². The van der Waals surface area contributed by atoms with Gasteiger partial charge in [-0.1, -0.05) is 0 Å². The molecule has 0 aliphatic carbocycles. The second-order valence-electron chi connectivity index (χ2n) is 6.31. The summed E-state index contributed by atoms with van der Waals surface area (Å²) in [5.41, 5.74) is 0. The molecule has 0 unspecified atom stereocenters. The minimum atomic E-state index is -3.01. The SMILES string of the molecule is CN=C(NCCN1CCCS1(=O)=O)N(C)CCC1CCOCC1.I. The topological polar surface area (TPSA) is 74.2 Å². The Labute approximate surface area is 163 Å². The molecule has 142 valence electrons. The van der Waals surface area contributed by atoms with Crippen molar-refractivity contribution in [3.8, 4) is 0 Å². The molecular formula is C15H31IN4O3S. The van der Waals surface area contributed by atoms with Crippen molar-refractivity contribution >= 4 is 40.0 Å². The maximum Gasteiger partial charge on any atom is 0.214 e. The van der Waals surface area contributed by atoms with Gasteiger partial charge in [-0.3, -0.25) is 4.99 Å². The van der Waals surface area contributed by atoms with E-state index in [9.17, 15) is 8.42 Å². The van der Waals surface area contributed by atoms with Gasteiger partial charge in [0.2, 0.25) is 10.0 Å². The summed E-state index contributed by atoms with van der Waals surface area (Å²) >= 11 is 0. The van der Waals surface area contributed by atoms with E-state index in [1.165, 1.54) is 0 Å². The monoisotopic (exact) mass is 474 g/mol. The number of sulfonamides is 1. The van der Waals surface area contributed by atoms with Crippen molar-refractivity contribution in [2.24, 2.45) is 10.9 Å². The Morgan fingerprint density at radius 1 is 1.38 bits per heavy atom. The van der Waals surface area contributed by atoms with Gasteiger partial charge >= 0.3 is 0 Å². The van der Waals surface area contributed by atoms with Gasteiger partial charge in [-0.15, -0.1) is 24.0 Å². The summed E-state index contributed by atoms with van der Waals surface area (Å²) < 4.78 is 30.5. The molecule has 0 atom stereocenters. The highest BCUT2D eigenvalue weighted by atomic mass is 127. The first-order chi connectivity index (χ1) is 11.0. The third-order valence-electron chi connectivity index (χ3n) is 4.63. The molecule has 2 fully saturated rings. The lowest BCUT2D eigenvalue weighted by atomic mass is 9.96. The van der Waals surface area contributed by atoms with Crippen LogP contribution in [0.15, 0.2) is 4.99 Å². The molecule has 1 N–H and O–H groups in total. The Balaban J connectivity index is 0.00000288. The van der Waals surface area contributed by atoms with Crippen molar-refractivity contribution in [3.05, 3.63) is 0 Å². The number of hydrogen-bond donors (Lipinski definition) is 1. The summed E-state index contributed by atoms with van der Waals surface area (Å²) in [5, 5.41) is 3.27. The summed E-state index contributed by atoms with van der Waals surface area (Å²) in [7, 11) is 0.784. The zero-order chi connectivity index (χ0) is 16.7. The normalized spacial score (nSPS) is 22.2. The zero-order valence-corrected chi connectivity index (χ0v) is 17.9. The van der Waals surface area contributed by atoms with Crippen LogP contribution >= 0.6 is 24.0 Å². The number of nitrogens with one attached hydrogen (secondary N) is 1. The van der Waals surface area contributed by atoms with Gasteiger partial charge in [0, 0.05) is 53.5 Å². The van der Waals surface area contributed by atoms with Crippen LogP contribution in [-0.2, 0) is 14.8 Å². The average molecular weight is 474 g/mol. The van der Waals surface area contributed by atoms with Gasteiger partial charge in [0.15, 0.2) is 5.96 Å². The van der Waals surface area contributed by atoms with E-state index in [4.69, 9.17) is 4.74 Å². The third kappa shape index (κ3) is 6.64. The smallest absolute Gasteiger partial charge is 0.214 e. The summed E-state index contributed by atoms with van der Waals surface area (Å²) in [6.45, 7) is 4.45. The van der Waals surface area contributed by atoms with E-state index in [1.807, 2.05) is 7.05 Å². The lowest BCUT2D eigenvalue weighted by Gasteiger charge is -2.27. The van der Waals surface area contributed by atoms with Crippen LogP contribution in [0, 0.1) is 5.92 Å². The molecule has 2 heterocycles. The second-order valence-corrected chi connectivity index (χ2v) is 8.40. The van der Waals surface area contributed by atoms with Crippen molar-refractivity contribution in [2.75, 3.05) is 59.2 Å². The van der Waals surface area contributed by atoms with Gasteiger partial charge < -0.3 is 15.0 Å². The minimum Gasteiger partial charge on any atom is -0.381 e. The maximum absolute atomic E-state index is 11.8. The molecule has 0 aromatic carbocycles. The lowest BCUT2D eigenvalue weighted by Crippen LogP contribution is -2.43. The van der Waals surface area contributed by atoms with Gasteiger partial charge in [-0.25, -0.2) is 12.7 Å². The second kappa shape index (κ2) is 10.8. The number of aliphatic imine (C=N–C) groups is 1. The van der Waals surface area contributed by atoms with Crippen LogP contribution < -0.4 is 5.32 Å². The largest absolute Gasteiger partial charge is 0.381 e. The van der Waals surface area contributed by atoms with Crippen LogP contribution in [0.4, 0.5) is 0 Å². The molecule has 0 aromatic rings. The van der Waals surface area contributed by atoms with E-state index in [-0.39, 0.29) is 29.7 Å². The van der Waals surface area contributed by atoms with Gasteiger partial charge in [-0.05, 0) is 31.6 Å². The van der Waals surface area contributed by atoms with E-state index in [0.717, 1.165) is 57.3 Å². The predicted molar refractivity (Wildman–Crippen MR) is 108 cm³/mol. The van der Waals surface area contributed by atoms with E-state index >= 15 is 0 Å². The molecule has 2 rings (SSSR count). The van der Waals surface area contributed by atoms with Gasteiger partial charge in [-0.2, -0.15) is 0 Å². The molecule has 24 heavy (non-hydrogen) atoms. The molecule has 0 amide bonds. The van der Waals surface area contributed by atoms with E-state index in [0.29, 0.717) is 19.6 Å². The van der Waals surface area contributed by atoms with Crippen molar-refractivity contribution < 1.29 is 13.2 Å². The van der Waals surface area contributed by atoms with E-state index in [1.54, 1.807) is 11.4 Å². The van der Waals surface area contributed by atoms with Gasteiger partial charge in [0.25, 0.3) is 0 Å². The van der Waals surface area contributed by atoms with Crippen molar-refractivity contribution in [1.29, 1.82) is 0 Å². The molecule has 0 radical (unpaired) electrons. The molecule has 0 saturated carbocycles. The Kier molecular flexibility index (Phi) is 9.83. The Morgan fingerprint density at radius 3 is 2.67 bits per heavy atom. The lowest BCUT2D eigenvalue weighted by molar-refractivity contribution is 0.0625. The quantitative estimate of drug-likeness (QED) is 0.353. The molecule has 2 aliphatic rings. The Hall–Kier alpha value is -0.130. The first kappa shape index (κ1) is 21.9. The average Bonchev–Trinajstić information content (AvgIpc) is 2.89. The van der Waals surface area contributed by atoms with Crippen LogP contribution in [0.25, 0.3) is 0 Å². The molecule has 0 aromatic heterocycles. The fourth-order valence-corrected chi connectivity index (χ4v) is 4.67. The highest BCUT2D eigenvalue weighted by Crippen LogP contribution is 2.18. The van der Waals surface area contributed by atoms with Crippen molar-refractivity contribution in [3.63, 3.8) is 0 Å². The first-order valence-electron chi connectivity index (χ1n) is 8.50.